The summed E-state index contributed by atoms with van der Waals surface area (Å²) < 4.78 is 43.2. The van der Waals surface area contributed by atoms with Crippen LogP contribution in [0.5, 0.6) is 5.75 Å². The van der Waals surface area contributed by atoms with E-state index in [9.17, 15) is 13.2 Å². The predicted octanol–water partition coefficient (Wildman–Crippen LogP) is 7.92. The van der Waals surface area contributed by atoms with E-state index in [4.69, 9.17) is 21.1 Å². The zero-order chi connectivity index (χ0) is 37.0. The largest absolute Gasteiger partial charge is 0.490 e. The lowest BCUT2D eigenvalue weighted by molar-refractivity contribution is -0.0947. The van der Waals surface area contributed by atoms with Crippen LogP contribution in [0.1, 0.15) is 106 Å². The SMILES string of the molecule is CO[C@]1(CC2CCN3CCCC[C@@H]3C2)/C=C/C[C@H](C)[C@@H](C)S(=O)(=O)NC(=O)c2ccc3c(c2)N(C[C@@H]2CC[C@H]21)C[C@]1(CCCc2cc(Cl)ccc21)CO3. The maximum Gasteiger partial charge on any atom is 0.264 e. The zero-order valence-corrected chi connectivity index (χ0v) is 33.4. The fourth-order valence-corrected chi connectivity index (χ4v) is 12.5. The molecule has 8 rings (SSSR count). The molecule has 0 radical (unpaired) electrons. The first-order chi connectivity index (χ1) is 25.5. The van der Waals surface area contributed by atoms with E-state index in [1.54, 1.807) is 13.0 Å². The molecule has 4 aliphatic heterocycles. The number of methoxy groups -OCH3 is 1. The Balaban J connectivity index is 1.19. The maximum absolute atomic E-state index is 13.7. The fraction of sp³-hybridized carbons (Fsp3) is 0.651. The highest BCUT2D eigenvalue weighted by Gasteiger charge is 2.50. The van der Waals surface area contributed by atoms with Crippen molar-refractivity contribution in [2.45, 2.75) is 113 Å². The number of piperidine rings is 2. The Labute approximate surface area is 322 Å². The summed E-state index contributed by atoms with van der Waals surface area (Å²) in [6.45, 7) is 8.16. The molecule has 1 amide bonds. The van der Waals surface area contributed by atoms with Gasteiger partial charge in [-0.3, -0.25) is 4.79 Å². The molecule has 2 aromatic rings. The van der Waals surface area contributed by atoms with Gasteiger partial charge < -0.3 is 19.3 Å². The van der Waals surface area contributed by atoms with E-state index in [1.165, 1.54) is 56.3 Å². The molecule has 4 heterocycles. The highest BCUT2D eigenvalue weighted by Crippen LogP contribution is 2.51. The summed E-state index contributed by atoms with van der Waals surface area (Å²) in [7, 11) is -2.04. The van der Waals surface area contributed by atoms with Crippen molar-refractivity contribution < 1.29 is 22.7 Å². The van der Waals surface area contributed by atoms with Gasteiger partial charge in [-0.15, -0.1) is 0 Å². The van der Waals surface area contributed by atoms with Crippen LogP contribution >= 0.6 is 11.6 Å². The third kappa shape index (κ3) is 7.18. The Morgan fingerprint density at radius 1 is 1.04 bits per heavy atom. The molecule has 2 saturated heterocycles. The molecule has 6 aliphatic rings. The van der Waals surface area contributed by atoms with Crippen molar-refractivity contribution in [1.29, 1.82) is 0 Å². The fourth-order valence-electron chi connectivity index (χ4n) is 11.0. The summed E-state index contributed by atoms with van der Waals surface area (Å²) >= 11 is 6.52. The molecule has 2 aromatic carbocycles. The third-order valence-electron chi connectivity index (χ3n) is 14.4. The smallest absolute Gasteiger partial charge is 0.264 e. The summed E-state index contributed by atoms with van der Waals surface area (Å²) in [6, 6.07) is 12.4. The average Bonchev–Trinajstić information content (AvgIpc) is 3.28. The molecule has 288 valence electrons. The van der Waals surface area contributed by atoms with Gasteiger partial charge in [0.05, 0.1) is 23.1 Å². The first-order valence-corrected chi connectivity index (χ1v) is 22.3. The van der Waals surface area contributed by atoms with Crippen molar-refractivity contribution in [1.82, 2.24) is 9.62 Å². The van der Waals surface area contributed by atoms with Crippen LogP contribution in [0.2, 0.25) is 5.02 Å². The van der Waals surface area contributed by atoms with Crippen molar-refractivity contribution in [3.05, 3.63) is 70.3 Å². The summed E-state index contributed by atoms with van der Waals surface area (Å²) in [4.78, 5) is 18.9. The number of anilines is 1. The Morgan fingerprint density at radius 2 is 1.91 bits per heavy atom. The lowest BCUT2D eigenvalue weighted by Crippen LogP contribution is -2.54. The van der Waals surface area contributed by atoms with Gasteiger partial charge >= 0.3 is 0 Å². The van der Waals surface area contributed by atoms with Crippen LogP contribution in [0.25, 0.3) is 0 Å². The number of allylic oxidation sites excluding steroid dienone is 1. The van der Waals surface area contributed by atoms with Crippen LogP contribution < -0.4 is 14.4 Å². The van der Waals surface area contributed by atoms with Crippen molar-refractivity contribution in [2.75, 3.05) is 44.8 Å². The molecule has 1 saturated carbocycles. The minimum absolute atomic E-state index is 0.193. The molecule has 1 N–H and O–H groups in total. The highest BCUT2D eigenvalue weighted by molar-refractivity contribution is 7.90. The minimum atomic E-state index is -3.94. The number of hydrogen-bond acceptors (Lipinski definition) is 7. The number of ether oxygens (including phenoxy) is 2. The van der Waals surface area contributed by atoms with Crippen LogP contribution in [-0.4, -0.2) is 76.0 Å². The van der Waals surface area contributed by atoms with Gasteiger partial charge in [0.25, 0.3) is 5.91 Å². The average molecular weight is 764 g/mol. The van der Waals surface area contributed by atoms with Crippen LogP contribution in [0.3, 0.4) is 0 Å². The first kappa shape index (κ1) is 37.3. The third-order valence-corrected chi connectivity index (χ3v) is 16.5. The van der Waals surface area contributed by atoms with E-state index in [-0.39, 0.29) is 11.3 Å². The molecular weight excluding hydrogens is 706 g/mol. The monoisotopic (exact) mass is 763 g/mol. The number of halogens is 1. The Bertz CT molecular complexity index is 1840. The normalized spacial score (nSPS) is 36.5. The number of carbonyl (C=O) groups excluding carboxylic acids is 1. The van der Waals surface area contributed by atoms with Gasteiger partial charge in [-0.25, -0.2) is 13.1 Å². The predicted molar refractivity (Wildman–Crippen MR) is 211 cm³/mol. The van der Waals surface area contributed by atoms with Gasteiger partial charge in [0.2, 0.25) is 10.0 Å². The molecule has 8 atom stereocenters. The summed E-state index contributed by atoms with van der Waals surface area (Å²) in [6.07, 6.45) is 17.7. The Hall–Kier alpha value is -2.59. The first-order valence-electron chi connectivity index (χ1n) is 20.3. The second-order valence-corrected chi connectivity index (χ2v) is 19.9. The number of fused-ring (bicyclic) bond motifs is 5. The number of carbonyl (C=O) groups is 1. The molecule has 8 nitrogen and oxygen atoms in total. The molecule has 1 spiro atoms. The zero-order valence-electron chi connectivity index (χ0n) is 31.8. The van der Waals surface area contributed by atoms with Gasteiger partial charge in [-0.1, -0.05) is 43.2 Å². The standard InChI is InChI=1S/C43H58ClN3O5S/c1-29-8-6-19-43(51-3,25-31-17-21-46-20-5-4-10-36(46)22-31)38-14-11-34(38)26-47-27-42(18-7-9-32-23-35(44)13-15-37(32)42)28-52-40-16-12-33(24-39(40)47)41(48)45-53(49,50)30(29)2/h6,12-13,15-16,19,23-24,29-31,34,36,38H,4-5,7-11,14,17-18,20-22,25-28H2,1-3H3,(H,45,48)/b19-6+/t29-,30+,31?,34-,36+,38+,42+,43-/m0/s1. The minimum Gasteiger partial charge on any atom is -0.490 e. The van der Waals surface area contributed by atoms with Crippen molar-refractivity contribution >= 4 is 33.2 Å². The lowest BCUT2D eigenvalue weighted by atomic mass is 9.61. The van der Waals surface area contributed by atoms with Crippen LogP contribution in [-0.2, 0) is 26.6 Å². The molecule has 3 fully saturated rings. The van der Waals surface area contributed by atoms with Crippen molar-refractivity contribution in [2.24, 2.45) is 23.7 Å². The number of rotatable bonds is 3. The number of amides is 1. The van der Waals surface area contributed by atoms with Gasteiger partial charge in [-0.2, -0.15) is 0 Å². The lowest BCUT2D eigenvalue weighted by Gasteiger charge is -2.52. The number of nitrogens with one attached hydrogen (secondary N) is 1. The van der Waals surface area contributed by atoms with Crippen LogP contribution in [0.4, 0.5) is 5.69 Å². The summed E-state index contributed by atoms with van der Waals surface area (Å²) in [5, 5.41) is 0.00168. The van der Waals surface area contributed by atoms with Crippen molar-refractivity contribution in [3.8, 4) is 5.75 Å². The van der Waals surface area contributed by atoms with Gasteiger partial charge in [0, 0.05) is 42.2 Å². The van der Waals surface area contributed by atoms with Gasteiger partial charge in [0.15, 0.2) is 0 Å². The molecule has 0 aromatic heterocycles. The van der Waals surface area contributed by atoms with E-state index in [1.807, 2.05) is 32.2 Å². The number of nitrogens with zero attached hydrogens (tertiary/aromatic N) is 2. The Kier molecular flexibility index (Phi) is 10.4. The van der Waals surface area contributed by atoms with E-state index in [0.29, 0.717) is 42.4 Å². The molecule has 1 unspecified atom stereocenters. The Morgan fingerprint density at radius 3 is 2.72 bits per heavy atom. The number of sulfonamides is 1. The molecular formula is C43H58ClN3O5S. The van der Waals surface area contributed by atoms with E-state index in [0.717, 1.165) is 68.1 Å². The number of aryl methyl sites for hydroxylation is 1. The van der Waals surface area contributed by atoms with Gasteiger partial charge in [-0.05, 0) is 156 Å². The molecule has 10 heteroatoms. The molecule has 2 bridgehead atoms. The van der Waals surface area contributed by atoms with E-state index >= 15 is 0 Å². The number of benzene rings is 2. The molecule has 2 aliphatic carbocycles. The maximum atomic E-state index is 13.7. The summed E-state index contributed by atoms with van der Waals surface area (Å²) in [5.74, 6) is 1.23. The quantitative estimate of drug-likeness (QED) is 0.318. The second kappa shape index (κ2) is 14.8. The molecule has 53 heavy (non-hydrogen) atoms. The van der Waals surface area contributed by atoms with Crippen molar-refractivity contribution in [3.63, 3.8) is 0 Å². The van der Waals surface area contributed by atoms with Crippen LogP contribution in [0, 0.1) is 23.7 Å². The highest BCUT2D eigenvalue weighted by atomic mass is 35.5. The van der Waals surface area contributed by atoms with E-state index < -0.39 is 26.8 Å². The van der Waals surface area contributed by atoms with Crippen LogP contribution in [0.15, 0.2) is 48.6 Å². The second-order valence-electron chi connectivity index (χ2n) is 17.5. The van der Waals surface area contributed by atoms with Gasteiger partial charge in [0.1, 0.15) is 5.75 Å². The summed E-state index contributed by atoms with van der Waals surface area (Å²) in [5.41, 5.74) is 3.08. The van der Waals surface area contributed by atoms with E-state index in [2.05, 4.69) is 38.8 Å². The number of hydrogen-bond donors (Lipinski definition) is 1. The topological polar surface area (TPSA) is 88.2 Å².